The average Bonchev–Trinajstić information content (AvgIpc) is 3.28. The third-order valence-corrected chi connectivity index (χ3v) is 6.60. The Balaban J connectivity index is 1.38. The quantitative estimate of drug-likeness (QED) is 0.784. The van der Waals surface area contributed by atoms with E-state index in [-0.39, 0.29) is 11.5 Å². The lowest BCUT2D eigenvalue weighted by atomic mass is 9.73. The summed E-state index contributed by atoms with van der Waals surface area (Å²) in [5.74, 6) is 0.946. The third-order valence-electron chi connectivity index (χ3n) is 6.60. The van der Waals surface area contributed by atoms with Crippen LogP contribution in [0.15, 0.2) is 30.0 Å². The minimum atomic E-state index is -0.0177. The second kappa shape index (κ2) is 7.36. The van der Waals surface area contributed by atoms with Crippen LogP contribution in [0.25, 0.3) is 0 Å². The Morgan fingerprint density at radius 1 is 1.48 bits per heavy atom. The molecule has 146 valence electrons. The number of allylic oxidation sites excluding steroid dienone is 1. The zero-order chi connectivity index (χ0) is 19.0. The molecule has 3 fully saturated rings. The first kappa shape index (κ1) is 18.6. The maximum absolute atomic E-state index is 12.6. The van der Waals surface area contributed by atoms with E-state index in [0.29, 0.717) is 30.0 Å². The van der Waals surface area contributed by atoms with Crippen molar-refractivity contribution in [3.63, 3.8) is 0 Å². The van der Waals surface area contributed by atoms with E-state index in [1.54, 1.807) is 6.20 Å². The molecule has 0 unspecified atom stereocenters. The first-order valence-electron chi connectivity index (χ1n) is 10.2. The zero-order valence-corrected chi connectivity index (χ0v) is 16.7. The Morgan fingerprint density at radius 2 is 2.33 bits per heavy atom. The number of amides is 1. The molecule has 4 rings (SSSR count). The lowest BCUT2D eigenvalue weighted by molar-refractivity contribution is 0.00290. The number of fused-ring (bicyclic) bond motifs is 1. The van der Waals surface area contributed by atoms with Gasteiger partial charge in [0.05, 0.1) is 17.3 Å². The normalized spacial score (nSPS) is 31.7. The fraction of sp³-hybridized carbons (Fsp3) is 0.636. The van der Waals surface area contributed by atoms with Crippen molar-refractivity contribution in [2.45, 2.75) is 51.7 Å². The summed E-state index contributed by atoms with van der Waals surface area (Å²) >= 11 is 0. The number of ether oxygens (including phenoxy) is 1. The van der Waals surface area contributed by atoms with Gasteiger partial charge in [-0.1, -0.05) is 11.6 Å². The van der Waals surface area contributed by atoms with Gasteiger partial charge in [0, 0.05) is 49.9 Å². The van der Waals surface area contributed by atoms with Gasteiger partial charge in [0.1, 0.15) is 0 Å². The predicted octanol–water partition coefficient (Wildman–Crippen LogP) is 2.96. The molecule has 0 radical (unpaired) electrons. The SMILES string of the molecule is CC(C)=CCCN1C[C@@H]2[C@H](CNC(=O)c3cccnc3C)[C@H]3CC[C@]2(C1)O3. The van der Waals surface area contributed by atoms with Crippen LogP contribution >= 0.6 is 0 Å². The number of hydrogen-bond acceptors (Lipinski definition) is 4. The molecule has 0 aliphatic carbocycles. The van der Waals surface area contributed by atoms with Crippen molar-refractivity contribution < 1.29 is 9.53 Å². The molecule has 5 heteroatoms. The van der Waals surface area contributed by atoms with Crippen LogP contribution in [0.5, 0.6) is 0 Å². The molecule has 2 bridgehead atoms. The highest BCUT2D eigenvalue weighted by Crippen LogP contribution is 2.54. The molecule has 27 heavy (non-hydrogen) atoms. The van der Waals surface area contributed by atoms with E-state index in [4.69, 9.17) is 4.74 Å². The molecule has 1 aromatic rings. The number of likely N-dealkylation sites (tertiary alicyclic amines) is 1. The summed E-state index contributed by atoms with van der Waals surface area (Å²) in [5.41, 5.74) is 2.87. The molecule has 1 spiro atoms. The molecule has 5 nitrogen and oxygen atoms in total. The second-order valence-electron chi connectivity index (χ2n) is 8.68. The van der Waals surface area contributed by atoms with Crippen molar-refractivity contribution in [3.8, 4) is 0 Å². The van der Waals surface area contributed by atoms with Gasteiger partial charge in [-0.2, -0.15) is 0 Å². The van der Waals surface area contributed by atoms with Gasteiger partial charge in [0.2, 0.25) is 0 Å². The maximum Gasteiger partial charge on any atom is 0.253 e. The smallest absolute Gasteiger partial charge is 0.253 e. The molecule has 4 heterocycles. The van der Waals surface area contributed by atoms with Gasteiger partial charge in [-0.25, -0.2) is 0 Å². The highest BCUT2D eigenvalue weighted by atomic mass is 16.5. The van der Waals surface area contributed by atoms with Crippen molar-refractivity contribution in [2.75, 3.05) is 26.2 Å². The lowest BCUT2D eigenvalue weighted by Crippen LogP contribution is -2.42. The van der Waals surface area contributed by atoms with E-state index in [9.17, 15) is 4.79 Å². The standard InChI is InChI=1S/C22H31N3O2/c1-15(2)6-5-11-25-13-19-18(20-8-9-22(19,14-25)27-20)12-24-21(26)17-7-4-10-23-16(17)3/h4,6-7,10,18-20H,5,8-9,11-14H2,1-3H3,(H,24,26)/t18-,19+,20+,22+/m0/s1. The highest BCUT2D eigenvalue weighted by molar-refractivity contribution is 5.95. The molecule has 1 N–H and O–H groups in total. The Kier molecular flexibility index (Phi) is 5.08. The van der Waals surface area contributed by atoms with Gasteiger partial charge in [-0.15, -0.1) is 0 Å². The molecular weight excluding hydrogens is 338 g/mol. The fourth-order valence-electron chi connectivity index (χ4n) is 5.30. The molecule has 0 aromatic carbocycles. The first-order chi connectivity index (χ1) is 13.0. The van der Waals surface area contributed by atoms with Crippen molar-refractivity contribution in [2.24, 2.45) is 11.8 Å². The molecule has 3 aliphatic heterocycles. The minimum absolute atomic E-state index is 0.0177. The topological polar surface area (TPSA) is 54.5 Å². The van der Waals surface area contributed by atoms with Crippen LogP contribution in [-0.4, -0.2) is 53.7 Å². The van der Waals surface area contributed by atoms with E-state index in [2.05, 4.69) is 35.1 Å². The molecule has 3 saturated heterocycles. The number of hydrogen-bond donors (Lipinski definition) is 1. The summed E-state index contributed by atoms with van der Waals surface area (Å²) in [6.45, 7) is 10.1. The summed E-state index contributed by atoms with van der Waals surface area (Å²) < 4.78 is 6.50. The number of rotatable bonds is 6. The van der Waals surface area contributed by atoms with Gasteiger partial charge in [-0.3, -0.25) is 14.7 Å². The molecule has 0 saturated carbocycles. The van der Waals surface area contributed by atoms with Crippen LogP contribution in [0.3, 0.4) is 0 Å². The summed E-state index contributed by atoms with van der Waals surface area (Å²) in [7, 11) is 0. The van der Waals surface area contributed by atoms with Crippen LogP contribution in [-0.2, 0) is 4.74 Å². The number of carbonyl (C=O) groups is 1. The molecule has 1 aromatic heterocycles. The van der Waals surface area contributed by atoms with Crippen LogP contribution in [0.2, 0.25) is 0 Å². The molecular formula is C22H31N3O2. The predicted molar refractivity (Wildman–Crippen MR) is 106 cm³/mol. The number of pyridine rings is 1. The number of aromatic nitrogens is 1. The first-order valence-corrected chi connectivity index (χ1v) is 10.2. The van der Waals surface area contributed by atoms with Crippen LogP contribution in [0.4, 0.5) is 0 Å². The van der Waals surface area contributed by atoms with Crippen LogP contribution in [0, 0.1) is 18.8 Å². The Hall–Kier alpha value is -1.72. The largest absolute Gasteiger partial charge is 0.370 e. The molecule has 3 aliphatic rings. The van der Waals surface area contributed by atoms with Crippen molar-refractivity contribution >= 4 is 5.91 Å². The maximum atomic E-state index is 12.6. The average molecular weight is 370 g/mol. The summed E-state index contributed by atoms with van der Waals surface area (Å²) in [6.07, 6.45) is 7.76. The second-order valence-corrected chi connectivity index (χ2v) is 8.68. The Morgan fingerprint density at radius 3 is 3.11 bits per heavy atom. The summed E-state index contributed by atoms with van der Waals surface area (Å²) in [4.78, 5) is 19.4. The Labute approximate surface area is 162 Å². The van der Waals surface area contributed by atoms with Gasteiger partial charge in [-0.05, 0) is 52.2 Å². The zero-order valence-electron chi connectivity index (χ0n) is 16.7. The monoisotopic (exact) mass is 369 g/mol. The van der Waals surface area contributed by atoms with Crippen molar-refractivity contribution in [3.05, 3.63) is 41.2 Å². The lowest BCUT2D eigenvalue weighted by Gasteiger charge is -2.29. The van der Waals surface area contributed by atoms with E-state index >= 15 is 0 Å². The summed E-state index contributed by atoms with van der Waals surface area (Å²) in [5, 5.41) is 3.16. The van der Waals surface area contributed by atoms with Gasteiger partial charge in [0.15, 0.2) is 0 Å². The van der Waals surface area contributed by atoms with Gasteiger partial charge < -0.3 is 10.1 Å². The summed E-state index contributed by atoms with van der Waals surface area (Å²) in [6, 6.07) is 3.66. The molecule has 1 amide bonds. The van der Waals surface area contributed by atoms with E-state index in [1.807, 2.05) is 19.1 Å². The fourth-order valence-corrected chi connectivity index (χ4v) is 5.30. The molecule has 4 atom stereocenters. The number of nitrogens with one attached hydrogen (secondary N) is 1. The minimum Gasteiger partial charge on any atom is -0.370 e. The van der Waals surface area contributed by atoms with E-state index in [1.165, 1.54) is 12.0 Å². The van der Waals surface area contributed by atoms with Crippen LogP contribution in [0.1, 0.15) is 49.2 Å². The van der Waals surface area contributed by atoms with Crippen molar-refractivity contribution in [1.29, 1.82) is 0 Å². The van der Waals surface area contributed by atoms with E-state index < -0.39 is 0 Å². The number of carbonyl (C=O) groups excluding carboxylic acids is 1. The highest BCUT2D eigenvalue weighted by Gasteiger charge is 2.62. The van der Waals surface area contributed by atoms with Gasteiger partial charge >= 0.3 is 0 Å². The van der Waals surface area contributed by atoms with Gasteiger partial charge in [0.25, 0.3) is 5.91 Å². The van der Waals surface area contributed by atoms with E-state index in [0.717, 1.165) is 38.2 Å². The third kappa shape index (κ3) is 3.55. The van der Waals surface area contributed by atoms with Crippen LogP contribution < -0.4 is 5.32 Å². The Bertz CT molecular complexity index is 743. The van der Waals surface area contributed by atoms with Crippen molar-refractivity contribution in [1.82, 2.24) is 15.2 Å². The number of aryl methyl sites for hydroxylation is 1. The number of nitrogens with zero attached hydrogens (tertiary/aromatic N) is 2.